The Morgan fingerprint density at radius 1 is 0.760 bits per heavy atom. The van der Waals surface area contributed by atoms with E-state index in [9.17, 15) is 0 Å². The van der Waals surface area contributed by atoms with Crippen molar-refractivity contribution in [3.63, 3.8) is 0 Å². The van der Waals surface area contributed by atoms with E-state index in [1.165, 1.54) is 0 Å². The number of hydrogen-bond donors (Lipinski definition) is 1. The van der Waals surface area contributed by atoms with Crippen LogP contribution in [0.25, 0.3) is 0 Å². The average molecular weight is 363 g/mol. The van der Waals surface area contributed by atoms with E-state index < -0.39 is 14.7 Å². The van der Waals surface area contributed by atoms with Gasteiger partial charge in [0.2, 0.25) is 0 Å². The largest absolute Gasteiger partial charge is 0.500 e. The van der Waals surface area contributed by atoms with E-state index in [1.54, 1.807) is 21.3 Å². The zero-order chi connectivity index (χ0) is 18.2. The lowest BCUT2D eigenvalue weighted by Gasteiger charge is -2.33. The Bertz CT molecular complexity index is 572. The molecule has 0 amide bonds. The van der Waals surface area contributed by atoms with Crippen molar-refractivity contribution in [2.45, 2.75) is 18.4 Å². The van der Waals surface area contributed by atoms with Gasteiger partial charge >= 0.3 is 14.7 Å². The summed E-state index contributed by atoms with van der Waals surface area (Å²) in [5.74, 6) is -0.169. The van der Waals surface area contributed by atoms with Crippen molar-refractivity contribution in [1.29, 1.82) is 0 Å². The van der Waals surface area contributed by atoms with Crippen molar-refractivity contribution in [3.05, 3.63) is 60.7 Å². The maximum Gasteiger partial charge on any atom is 0.500 e. The number of benzene rings is 2. The van der Waals surface area contributed by atoms with E-state index in [0.717, 1.165) is 0 Å². The van der Waals surface area contributed by atoms with Gasteiger partial charge in [0.1, 0.15) is 11.5 Å². The summed E-state index contributed by atoms with van der Waals surface area (Å²) in [5.41, 5.74) is 6.44. The van der Waals surface area contributed by atoms with Crippen LogP contribution < -0.4 is 15.2 Å². The van der Waals surface area contributed by atoms with Gasteiger partial charge in [-0.2, -0.15) is 0 Å². The van der Waals surface area contributed by atoms with Gasteiger partial charge in [-0.15, -0.1) is 0 Å². The highest BCUT2D eigenvalue weighted by Gasteiger charge is 2.42. The highest BCUT2D eigenvalue weighted by atomic mass is 28.4. The molecule has 2 aromatic carbocycles. The Kier molecular flexibility index (Phi) is 6.98. The fraction of sp³-hybridized carbons (Fsp3) is 0.333. The summed E-state index contributed by atoms with van der Waals surface area (Å²) in [6.45, 7) is 0. The lowest BCUT2D eigenvalue weighted by molar-refractivity contribution is -0.113. The van der Waals surface area contributed by atoms with Crippen molar-refractivity contribution < 1.29 is 22.8 Å². The number of nitrogens with two attached hydrogens (primary N) is 1. The molecule has 6 nitrogen and oxygen atoms in total. The molecule has 25 heavy (non-hydrogen) atoms. The van der Waals surface area contributed by atoms with Crippen molar-refractivity contribution in [2.24, 2.45) is 5.73 Å². The van der Waals surface area contributed by atoms with Crippen LogP contribution in [0.2, 0.25) is 6.04 Å². The smallest absolute Gasteiger partial charge is 0.440 e. The first-order chi connectivity index (χ1) is 12.0. The standard InChI is InChI=1S/C18H25NO5Si/c1-20-25(21-2,22-3)15-14-18(19,23-16-10-6-4-7-11-16)24-17-12-8-5-9-13-17/h4-13H,14-15,19H2,1-3H3. The van der Waals surface area contributed by atoms with Gasteiger partial charge in [0, 0.05) is 33.8 Å². The molecule has 136 valence electrons. The van der Waals surface area contributed by atoms with Crippen LogP contribution in [-0.2, 0) is 13.3 Å². The molecule has 0 radical (unpaired) electrons. The van der Waals surface area contributed by atoms with Gasteiger partial charge in [0.25, 0.3) is 0 Å². The normalized spacial score (nSPS) is 12.0. The molecule has 7 heteroatoms. The van der Waals surface area contributed by atoms with Crippen LogP contribution >= 0.6 is 0 Å². The van der Waals surface area contributed by atoms with E-state index in [0.29, 0.717) is 24.0 Å². The van der Waals surface area contributed by atoms with Crippen LogP contribution in [0, 0.1) is 0 Å². The molecule has 0 aliphatic carbocycles. The fourth-order valence-electron chi connectivity index (χ4n) is 2.38. The summed E-state index contributed by atoms with van der Waals surface area (Å²) in [7, 11) is 1.89. The van der Waals surface area contributed by atoms with Gasteiger partial charge in [0.05, 0.1) is 0 Å². The number of rotatable bonds is 10. The Morgan fingerprint density at radius 2 is 1.16 bits per heavy atom. The SMILES string of the molecule is CO[Si](CCC(N)(Oc1ccccc1)Oc1ccccc1)(OC)OC. The van der Waals surface area contributed by atoms with Crippen molar-refractivity contribution in [3.8, 4) is 11.5 Å². The van der Waals surface area contributed by atoms with E-state index >= 15 is 0 Å². The Labute approximate surface area is 149 Å². The predicted octanol–water partition coefficient (Wildman–Crippen LogP) is 3.03. The Morgan fingerprint density at radius 3 is 1.52 bits per heavy atom. The average Bonchev–Trinajstić information content (AvgIpc) is 2.65. The minimum atomic E-state index is -2.80. The topological polar surface area (TPSA) is 72.2 Å². The summed E-state index contributed by atoms with van der Waals surface area (Å²) in [5, 5.41) is 0. The summed E-state index contributed by atoms with van der Waals surface area (Å²) < 4.78 is 28.3. The molecule has 0 spiro atoms. The second kappa shape index (κ2) is 8.98. The maximum atomic E-state index is 6.44. The summed E-state index contributed by atoms with van der Waals surface area (Å²) in [6, 6.07) is 19.0. The van der Waals surface area contributed by atoms with Gasteiger partial charge in [0.15, 0.2) is 0 Å². The molecule has 0 unspecified atom stereocenters. The van der Waals surface area contributed by atoms with Gasteiger partial charge in [-0.25, -0.2) is 0 Å². The van der Waals surface area contributed by atoms with Crippen molar-refractivity contribution >= 4 is 8.80 Å². The zero-order valence-electron chi connectivity index (χ0n) is 14.8. The number of hydrogen-bond acceptors (Lipinski definition) is 6. The molecule has 2 N–H and O–H groups in total. The van der Waals surface area contributed by atoms with Gasteiger partial charge in [-0.1, -0.05) is 36.4 Å². The summed E-state index contributed by atoms with van der Waals surface area (Å²) in [4.78, 5) is 0. The molecule has 0 saturated carbocycles. The van der Waals surface area contributed by atoms with Crippen LogP contribution in [0.5, 0.6) is 11.5 Å². The van der Waals surface area contributed by atoms with Gasteiger partial charge in [-0.05, 0) is 24.3 Å². The first-order valence-corrected chi connectivity index (χ1v) is 9.90. The lowest BCUT2D eigenvalue weighted by Crippen LogP contribution is -2.54. The molecule has 0 saturated heterocycles. The molecule has 0 fully saturated rings. The molecule has 0 aromatic heterocycles. The van der Waals surface area contributed by atoms with Crippen LogP contribution in [0.4, 0.5) is 0 Å². The monoisotopic (exact) mass is 363 g/mol. The quantitative estimate of drug-likeness (QED) is 0.517. The first-order valence-electron chi connectivity index (χ1n) is 7.97. The Hall–Kier alpha value is -1.90. The molecule has 2 rings (SSSR count). The van der Waals surface area contributed by atoms with Crippen molar-refractivity contribution in [2.75, 3.05) is 21.3 Å². The maximum absolute atomic E-state index is 6.44. The van der Waals surface area contributed by atoms with E-state index in [2.05, 4.69) is 0 Å². The zero-order valence-corrected chi connectivity index (χ0v) is 15.8. The van der Waals surface area contributed by atoms with Gasteiger partial charge in [-0.3, -0.25) is 5.73 Å². The molecule has 2 aromatic rings. The summed E-state index contributed by atoms with van der Waals surface area (Å²) in [6.07, 6.45) is 0.318. The minimum absolute atomic E-state index is 0.318. The number of para-hydroxylation sites is 2. The molecule has 0 aliphatic heterocycles. The molecular weight excluding hydrogens is 338 g/mol. The van der Waals surface area contributed by atoms with E-state index in [1.807, 2.05) is 60.7 Å². The minimum Gasteiger partial charge on any atom is -0.440 e. The molecular formula is C18H25NO5Si. The fourth-order valence-corrected chi connectivity index (χ4v) is 4.15. The number of ether oxygens (including phenoxy) is 2. The third kappa shape index (κ3) is 5.55. The molecule has 0 bridgehead atoms. The lowest BCUT2D eigenvalue weighted by atomic mass is 10.3. The third-order valence-corrected chi connectivity index (χ3v) is 6.51. The Balaban J connectivity index is 2.19. The predicted molar refractivity (Wildman–Crippen MR) is 97.3 cm³/mol. The summed E-state index contributed by atoms with van der Waals surface area (Å²) >= 11 is 0. The highest BCUT2D eigenvalue weighted by molar-refractivity contribution is 6.60. The second-order valence-corrected chi connectivity index (χ2v) is 8.53. The molecule has 0 heterocycles. The van der Waals surface area contributed by atoms with Crippen LogP contribution in [0.1, 0.15) is 6.42 Å². The van der Waals surface area contributed by atoms with Gasteiger partial charge < -0.3 is 22.8 Å². The second-order valence-electron chi connectivity index (χ2n) is 5.44. The third-order valence-electron chi connectivity index (χ3n) is 3.78. The van der Waals surface area contributed by atoms with E-state index in [-0.39, 0.29) is 0 Å². The van der Waals surface area contributed by atoms with Crippen molar-refractivity contribution in [1.82, 2.24) is 0 Å². The first kappa shape index (κ1) is 19.4. The molecule has 0 atom stereocenters. The van der Waals surface area contributed by atoms with Crippen LogP contribution in [-0.4, -0.2) is 36.0 Å². The van der Waals surface area contributed by atoms with E-state index in [4.69, 9.17) is 28.5 Å². The van der Waals surface area contributed by atoms with Crippen LogP contribution in [0.15, 0.2) is 60.7 Å². The van der Waals surface area contributed by atoms with Crippen LogP contribution in [0.3, 0.4) is 0 Å². The highest BCUT2D eigenvalue weighted by Crippen LogP contribution is 2.26. The molecule has 0 aliphatic rings.